The van der Waals surface area contributed by atoms with Crippen LogP contribution in [0.1, 0.15) is 17.0 Å². The maximum Gasteiger partial charge on any atom is 0.284 e. The van der Waals surface area contributed by atoms with E-state index in [9.17, 15) is 10.1 Å². The van der Waals surface area contributed by atoms with Crippen LogP contribution in [0.15, 0.2) is 34.9 Å². The average molecular weight is 361 g/mol. The third-order valence-electron chi connectivity index (χ3n) is 3.49. The van der Waals surface area contributed by atoms with Crippen LogP contribution < -0.4 is 0 Å². The lowest BCUT2D eigenvalue weighted by Gasteiger charge is -2.04. The van der Waals surface area contributed by atoms with Gasteiger partial charge in [-0.05, 0) is 48.0 Å². The van der Waals surface area contributed by atoms with E-state index in [0.29, 0.717) is 27.6 Å². The van der Waals surface area contributed by atoms with Crippen molar-refractivity contribution < 1.29 is 4.92 Å². The van der Waals surface area contributed by atoms with Gasteiger partial charge in [0, 0.05) is 11.3 Å². The van der Waals surface area contributed by atoms with E-state index in [1.807, 2.05) is 31.2 Å². The van der Waals surface area contributed by atoms with Gasteiger partial charge in [0.25, 0.3) is 5.69 Å². The zero-order valence-electron chi connectivity index (χ0n) is 12.1. The molecule has 0 N–H and O–H groups in total. The van der Waals surface area contributed by atoms with Crippen LogP contribution >= 0.6 is 15.9 Å². The molecule has 7 heteroatoms. The first-order valence-corrected chi connectivity index (χ1v) is 7.49. The first kappa shape index (κ1) is 14.6. The molecule has 2 heterocycles. The minimum atomic E-state index is -0.362. The molecule has 22 heavy (non-hydrogen) atoms. The Morgan fingerprint density at radius 1 is 1.27 bits per heavy atom. The molecular formula is C15H13BrN4O2. The van der Waals surface area contributed by atoms with Crippen molar-refractivity contribution in [2.45, 2.75) is 20.4 Å². The Bertz CT molecular complexity index is 889. The van der Waals surface area contributed by atoms with Gasteiger partial charge in [-0.25, -0.2) is 0 Å². The molecule has 3 rings (SSSR count). The Hall–Kier alpha value is -2.28. The van der Waals surface area contributed by atoms with E-state index in [2.05, 4.69) is 26.0 Å². The Morgan fingerprint density at radius 3 is 2.73 bits per heavy atom. The van der Waals surface area contributed by atoms with Crippen LogP contribution in [-0.4, -0.2) is 19.7 Å². The number of pyridine rings is 1. The summed E-state index contributed by atoms with van der Waals surface area (Å²) >= 11 is 3.34. The molecule has 2 aromatic heterocycles. The van der Waals surface area contributed by atoms with E-state index in [1.54, 1.807) is 17.7 Å². The van der Waals surface area contributed by atoms with Gasteiger partial charge >= 0.3 is 0 Å². The van der Waals surface area contributed by atoms with Crippen LogP contribution in [0.4, 0.5) is 5.69 Å². The lowest BCUT2D eigenvalue weighted by Crippen LogP contribution is -2.04. The van der Waals surface area contributed by atoms with Crippen LogP contribution in [0.3, 0.4) is 0 Å². The molecule has 112 valence electrons. The fourth-order valence-corrected chi connectivity index (χ4v) is 3.09. The Morgan fingerprint density at radius 2 is 2.05 bits per heavy atom. The number of hydrogen-bond donors (Lipinski definition) is 0. The Kier molecular flexibility index (Phi) is 3.66. The van der Waals surface area contributed by atoms with E-state index in [4.69, 9.17) is 0 Å². The summed E-state index contributed by atoms with van der Waals surface area (Å²) in [4.78, 5) is 15.4. The second kappa shape index (κ2) is 5.49. The predicted molar refractivity (Wildman–Crippen MR) is 86.9 cm³/mol. The maximum atomic E-state index is 11.3. The van der Waals surface area contributed by atoms with Crippen LogP contribution in [0.2, 0.25) is 0 Å². The van der Waals surface area contributed by atoms with Gasteiger partial charge in [0.2, 0.25) is 0 Å². The zero-order valence-corrected chi connectivity index (χ0v) is 13.7. The average Bonchev–Trinajstić information content (AvgIpc) is 2.75. The van der Waals surface area contributed by atoms with Gasteiger partial charge in [-0.2, -0.15) is 5.10 Å². The highest BCUT2D eigenvalue weighted by Gasteiger charge is 2.22. The van der Waals surface area contributed by atoms with Crippen LogP contribution in [0.5, 0.6) is 0 Å². The monoisotopic (exact) mass is 360 g/mol. The molecule has 0 unspecified atom stereocenters. The fourth-order valence-electron chi connectivity index (χ4n) is 2.51. The summed E-state index contributed by atoms with van der Waals surface area (Å²) in [6, 6.07) is 9.37. The number of nitrogens with zero attached hydrogens (tertiary/aromatic N) is 4. The Labute approximate surface area is 135 Å². The lowest BCUT2D eigenvalue weighted by molar-refractivity contribution is -0.383. The van der Waals surface area contributed by atoms with Crippen LogP contribution in [0.25, 0.3) is 10.9 Å². The lowest BCUT2D eigenvalue weighted by atomic mass is 10.1. The highest BCUT2D eigenvalue weighted by molar-refractivity contribution is 9.10. The topological polar surface area (TPSA) is 73.8 Å². The second-order valence-corrected chi connectivity index (χ2v) is 5.85. The second-order valence-electron chi connectivity index (χ2n) is 5.10. The fraction of sp³-hybridized carbons (Fsp3) is 0.200. The minimum absolute atomic E-state index is 0.0906. The van der Waals surface area contributed by atoms with Crippen molar-refractivity contribution in [1.29, 1.82) is 0 Å². The van der Waals surface area contributed by atoms with E-state index >= 15 is 0 Å². The number of aromatic nitrogens is 3. The van der Waals surface area contributed by atoms with Crippen molar-refractivity contribution in [1.82, 2.24) is 14.8 Å². The standard InChI is InChI=1S/C15H13BrN4O2/c1-9-6-7-12-13(14(9)20(21)22)15(16)18-19(12)8-11-5-3-4-10(2)17-11/h3-7H,8H2,1-2H3. The first-order chi connectivity index (χ1) is 10.5. The molecule has 0 bridgehead atoms. The molecule has 6 nitrogen and oxygen atoms in total. The SMILES string of the molecule is Cc1cccc(Cn2nc(Br)c3c([N+](=O)[O-])c(C)ccc32)n1. The number of halogens is 1. The summed E-state index contributed by atoms with van der Waals surface area (Å²) in [7, 11) is 0. The number of fused-ring (bicyclic) bond motifs is 1. The van der Waals surface area contributed by atoms with Crippen molar-refractivity contribution in [2.75, 3.05) is 0 Å². The smallest absolute Gasteiger partial charge is 0.258 e. The predicted octanol–water partition coefficient (Wildman–Crippen LogP) is 3.77. The molecular weight excluding hydrogens is 348 g/mol. The van der Waals surface area contributed by atoms with E-state index < -0.39 is 0 Å². The summed E-state index contributed by atoms with van der Waals surface area (Å²) in [6.45, 7) is 4.11. The number of nitro groups is 1. The molecule has 0 atom stereocenters. The summed E-state index contributed by atoms with van der Waals surface area (Å²) in [5, 5.41) is 16.2. The van der Waals surface area contributed by atoms with E-state index in [1.165, 1.54) is 0 Å². The molecule has 3 aromatic rings. The molecule has 0 aliphatic carbocycles. The molecule has 0 aliphatic heterocycles. The van der Waals surface area contributed by atoms with E-state index in [-0.39, 0.29) is 10.6 Å². The Balaban J connectivity index is 2.16. The highest BCUT2D eigenvalue weighted by Crippen LogP contribution is 2.34. The minimum Gasteiger partial charge on any atom is -0.258 e. The summed E-state index contributed by atoms with van der Waals surface area (Å²) in [5.74, 6) is 0. The summed E-state index contributed by atoms with van der Waals surface area (Å²) < 4.78 is 2.21. The molecule has 0 amide bonds. The van der Waals surface area contributed by atoms with Crippen molar-refractivity contribution in [3.8, 4) is 0 Å². The molecule has 0 aliphatic rings. The van der Waals surface area contributed by atoms with Gasteiger partial charge in [0.15, 0.2) is 0 Å². The number of nitro benzene ring substituents is 1. The number of benzene rings is 1. The first-order valence-electron chi connectivity index (χ1n) is 6.70. The third-order valence-corrected chi connectivity index (χ3v) is 4.05. The van der Waals surface area contributed by atoms with Crippen molar-refractivity contribution >= 4 is 32.5 Å². The molecule has 0 fully saturated rings. The van der Waals surface area contributed by atoms with Crippen molar-refractivity contribution in [3.05, 3.63) is 62.0 Å². The van der Waals surface area contributed by atoms with Crippen LogP contribution in [-0.2, 0) is 6.54 Å². The van der Waals surface area contributed by atoms with Gasteiger partial charge in [-0.3, -0.25) is 19.8 Å². The van der Waals surface area contributed by atoms with Gasteiger partial charge < -0.3 is 0 Å². The summed E-state index contributed by atoms with van der Waals surface area (Å²) in [6.07, 6.45) is 0. The quantitative estimate of drug-likeness (QED) is 0.526. The van der Waals surface area contributed by atoms with Crippen molar-refractivity contribution in [2.24, 2.45) is 0 Å². The van der Waals surface area contributed by atoms with Gasteiger partial charge in [-0.15, -0.1) is 0 Å². The molecule has 0 radical (unpaired) electrons. The highest BCUT2D eigenvalue weighted by atomic mass is 79.9. The zero-order chi connectivity index (χ0) is 15.9. The van der Waals surface area contributed by atoms with Crippen molar-refractivity contribution in [3.63, 3.8) is 0 Å². The molecule has 0 saturated heterocycles. The summed E-state index contributed by atoms with van der Waals surface area (Å²) in [5.41, 5.74) is 3.21. The number of aryl methyl sites for hydroxylation is 2. The maximum absolute atomic E-state index is 11.3. The van der Waals surface area contributed by atoms with Gasteiger partial charge in [0.05, 0.1) is 22.7 Å². The molecule has 0 saturated carbocycles. The number of hydrogen-bond acceptors (Lipinski definition) is 4. The van der Waals surface area contributed by atoms with Gasteiger partial charge in [-0.1, -0.05) is 12.1 Å². The largest absolute Gasteiger partial charge is 0.284 e. The normalized spacial score (nSPS) is 11.0. The van der Waals surface area contributed by atoms with Gasteiger partial charge in [0.1, 0.15) is 9.99 Å². The molecule has 1 aromatic carbocycles. The number of rotatable bonds is 3. The van der Waals surface area contributed by atoms with E-state index in [0.717, 1.165) is 11.4 Å². The molecule has 0 spiro atoms. The van der Waals surface area contributed by atoms with Crippen LogP contribution in [0, 0.1) is 24.0 Å². The third kappa shape index (κ3) is 2.48.